The molecule has 5 heteroatoms. The number of alkyl halides is 4. The van der Waals surface area contributed by atoms with Crippen molar-refractivity contribution in [2.75, 3.05) is 11.6 Å². The van der Waals surface area contributed by atoms with E-state index in [1.165, 1.54) is 12.1 Å². The number of rotatable bonds is 5. The molecule has 0 amide bonds. The molecule has 0 bridgehead atoms. The van der Waals surface area contributed by atoms with Crippen molar-refractivity contribution in [1.29, 1.82) is 0 Å². The Morgan fingerprint density at radius 1 is 1.35 bits per heavy atom. The fraction of sp³-hybridized carbons (Fsp3) is 0.500. The van der Waals surface area contributed by atoms with Gasteiger partial charge in [-0.25, -0.2) is 0 Å². The van der Waals surface area contributed by atoms with Gasteiger partial charge in [0.1, 0.15) is 0 Å². The van der Waals surface area contributed by atoms with Crippen LogP contribution in [0, 0.1) is 5.92 Å². The summed E-state index contributed by atoms with van der Waals surface area (Å²) in [6.45, 7) is 2.02. The van der Waals surface area contributed by atoms with Gasteiger partial charge < -0.3 is 0 Å². The number of hydrogen-bond acceptors (Lipinski definition) is 1. The van der Waals surface area contributed by atoms with Crippen LogP contribution in [0.5, 0.6) is 0 Å². The predicted octanol–water partition coefficient (Wildman–Crippen LogP) is 4.81. The summed E-state index contributed by atoms with van der Waals surface area (Å²) in [5.74, 6) is 2.41. The Morgan fingerprint density at radius 2 is 2.06 bits per heavy atom. The molecule has 0 aromatic heterocycles. The van der Waals surface area contributed by atoms with E-state index in [1.807, 2.05) is 6.92 Å². The molecule has 0 nitrogen and oxygen atoms in total. The zero-order valence-electron chi connectivity index (χ0n) is 9.43. The zero-order chi connectivity index (χ0) is 12.9. The van der Waals surface area contributed by atoms with E-state index < -0.39 is 11.7 Å². The molecule has 0 saturated carbocycles. The summed E-state index contributed by atoms with van der Waals surface area (Å²) in [5.41, 5.74) is 0.118. The average Bonchev–Trinajstić information content (AvgIpc) is 2.28. The van der Waals surface area contributed by atoms with E-state index >= 15 is 0 Å². The third-order valence-electron chi connectivity index (χ3n) is 2.19. The normalized spacial score (nSPS) is 13.7. The Bertz CT molecular complexity index is 352. The third kappa shape index (κ3) is 5.21. The SMILES string of the molecule is CC(CCl)CSCc1cccc(C(F)(F)F)c1. The minimum absolute atomic E-state index is 0.382. The van der Waals surface area contributed by atoms with Crippen LogP contribution in [0.2, 0.25) is 0 Å². The smallest absolute Gasteiger partial charge is 0.166 e. The van der Waals surface area contributed by atoms with Gasteiger partial charge in [-0.3, -0.25) is 0 Å². The first kappa shape index (κ1) is 14.7. The van der Waals surface area contributed by atoms with Crippen LogP contribution in [0.4, 0.5) is 13.2 Å². The van der Waals surface area contributed by atoms with Crippen LogP contribution < -0.4 is 0 Å². The van der Waals surface area contributed by atoms with Gasteiger partial charge in [-0.15, -0.1) is 11.6 Å². The lowest BCUT2D eigenvalue weighted by molar-refractivity contribution is -0.137. The number of benzene rings is 1. The lowest BCUT2D eigenvalue weighted by Crippen LogP contribution is -2.05. The van der Waals surface area contributed by atoms with Crippen LogP contribution in [0.3, 0.4) is 0 Å². The molecule has 0 spiro atoms. The minimum Gasteiger partial charge on any atom is -0.166 e. The highest BCUT2D eigenvalue weighted by molar-refractivity contribution is 7.98. The largest absolute Gasteiger partial charge is 0.416 e. The lowest BCUT2D eigenvalue weighted by atomic mass is 10.1. The van der Waals surface area contributed by atoms with E-state index in [4.69, 9.17) is 11.6 Å². The molecule has 0 saturated heterocycles. The highest BCUT2D eigenvalue weighted by Gasteiger charge is 2.30. The topological polar surface area (TPSA) is 0 Å². The van der Waals surface area contributed by atoms with Gasteiger partial charge in [0.15, 0.2) is 0 Å². The van der Waals surface area contributed by atoms with Crippen LogP contribution in [-0.4, -0.2) is 11.6 Å². The van der Waals surface area contributed by atoms with E-state index in [2.05, 4.69) is 0 Å². The molecule has 0 aliphatic rings. The molecule has 1 unspecified atom stereocenters. The predicted molar refractivity (Wildman–Crippen MR) is 67.5 cm³/mol. The van der Waals surface area contributed by atoms with Crippen LogP contribution in [0.25, 0.3) is 0 Å². The van der Waals surface area contributed by atoms with Crippen LogP contribution in [0.15, 0.2) is 24.3 Å². The Hall–Kier alpha value is -0.350. The number of hydrogen-bond donors (Lipinski definition) is 0. The Morgan fingerprint density at radius 3 is 2.65 bits per heavy atom. The van der Waals surface area contributed by atoms with E-state index in [9.17, 15) is 13.2 Å². The molecule has 0 fully saturated rings. The van der Waals surface area contributed by atoms with Crippen LogP contribution in [-0.2, 0) is 11.9 Å². The second-order valence-corrected chi connectivity index (χ2v) is 5.31. The van der Waals surface area contributed by atoms with Gasteiger partial charge >= 0.3 is 6.18 Å². The monoisotopic (exact) mass is 282 g/mol. The molecular weight excluding hydrogens is 269 g/mol. The standard InChI is InChI=1S/C12H14ClF3S/c1-9(6-13)7-17-8-10-3-2-4-11(5-10)12(14,15)16/h2-5,9H,6-8H2,1H3. The van der Waals surface area contributed by atoms with Crippen molar-refractivity contribution in [3.63, 3.8) is 0 Å². The van der Waals surface area contributed by atoms with Gasteiger partial charge in [0, 0.05) is 11.6 Å². The van der Waals surface area contributed by atoms with Crippen molar-refractivity contribution in [1.82, 2.24) is 0 Å². The molecule has 0 aliphatic carbocycles. The Labute approximate surface area is 109 Å². The molecular formula is C12H14ClF3S. The van der Waals surface area contributed by atoms with Crippen molar-refractivity contribution in [3.05, 3.63) is 35.4 Å². The van der Waals surface area contributed by atoms with Gasteiger partial charge in [0.05, 0.1) is 5.56 Å². The summed E-state index contributed by atoms with van der Waals surface area (Å²) in [6, 6.07) is 5.46. The molecule has 1 aromatic carbocycles. The molecule has 96 valence electrons. The second-order valence-electron chi connectivity index (χ2n) is 3.97. The summed E-state index contributed by atoms with van der Waals surface area (Å²) in [7, 11) is 0. The first-order valence-electron chi connectivity index (χ1n) is 5.23. The molecule has 17 heavy (non-hydrogen) atoms. The van der Waals surface area contributed by atoms with Crippen LogP contribution >= 0.6 is 23.4 Å². The zero-order valence-corrected chi connectivity index (χ0v) is 11.0. The maximum absolute atomic E-state index is 12.4. The molecule has 1 aromatic rings. The van der Waals surface area contributed by atoms with E-state index in [1.54, 1.807) is 17.8 Å². The van der Waals surface area contributed by atoms with Crippen molar-refractivity contribution in [2.24, 2.45) is 5.92 Å². The van der Waals surface area contributed by atoms with E-state index in [0.29, 0.717) is 23.1 Å². The number of halogens is 4. The fourth-order valence-electron chi connectivity index (χ4n) is 1.26. The van der Waals surface area contributed by atoms with Crippen molar-refractivity contribution in [2.45, 2.75) is 18.9 Å². The van der Waals surface area contributed by atoms with Gasteiger partial charge in [0.25, 0.3) is 0 Å². The minimum atomic E-state index is -4.26. The van der Waals surface area contributed by atoms with Gasteiger partial charge in [-0.1, -0.05) is 25.1 Å². The average molecular weight is 283 g/mol. The highest BCUT2D eigenvalue weighted by Crippen LogP contribution is 2.30. The summed E-state index contributed by atoms with van der Waals surface area (Å²) >= 11 is 7.26. The first-order chi connectivity index (χ1) is 7.93. The quantitative estimate of drug-likeness (QED) is 0.698. The van der Waals surface area contributed by atoms with Crippen molar-refractivity contribution in [3.8, 4) is 0 Å². The Balaban J connectivity index is 2.55. The molecule has 0 N–H and O–H groups in total. The number of thioether (sulfide) groups is 1. The van der Waals surface area contributed by atoms with E-state index in [-0.39, 0.29) is 0 Å². The first-order valence-corrected chi connectivity index (χ1v) is 6.92. The lowest BCUT2D eigenvalue weighted by Gasteiger charge is -2.09. The fourth-order valence-corrected chi connectivity index (χ4v) is 2.55. The molecule has 1 atom stereocenters. The van der Waals surface area contributed by atoms with Gasteiger partial charge in [-0.2, -0.15) is 24.9 Å². The molecule has 1 rings (SSSR count). The van der Waals surface area contributed by atoms with Gasteiger partial charge in [0.2, 0.25) is 0 Å². The Kier molecular flexibility index (Phi) is 5.67. The van der Waals surface area contributed by atoms with Crippen molar-refractivity contribution < 1.29 is 13.2 Å². The van der Waals surface area contributed by atoms with Gasteiger partial charge in [-0.05, 0) is 23.3 Å². The summed E-state index contributed by atoms with van der Waals surface area (Å²) in [6.07, 6.45) is -4.26. The maximum atomic E-state index is 12.4. The summed E-state index contributed by atoms with van der Waals surface area (Å²) in [5, 5.41) is 0. The van der Waals surface area contributed by atoms with Crippen LogP contribution in [0.1, 0.15) is 18.1 Å². The summed E-state index contributed by atoms with van der Waals surface area (Å²) < 4.78 is 37.3. The maximum Gasteiger partial charge on any atom is 0.416 e. The van der Waals surface area contributed by atoms with E-state index in [0.717, 1.165) is 11.8 Å². The molecule has 0 aliphatic heterocycles. The molecule has 0 heterocycles. The van der Waals surface area contributed by atoms with Crippen molar-refractivity contribution >= 4 is 23.4 Å². The summed E-state index contributed by atoms with van der Waals surface area (Å²) in [4.78, 5) is 0. The highest BCUT2D eigenvalue weighted by atomic mass is 35.5. The molecule has 0 radical (unpaired) electrons. The third-order valence-corrected chi connectivity index (χ3v) is 4.06. The second kappa shape index (κ2) is 6.55.